The van der Waals surface area contributed by atoms with Gasteiger partial charge in [-0.2, -0.15) is 0 Å². The van der Waals surface area contributed by atoms with E-state index in [0.717, 1.165) is 18.4 Å². The monoisotopic (exact) mass is 353 g/mol. The van der Waals surface area contributed by atoms with E-state index in [2.05, 4.69) is 11.9 Å². The second-order valence-electron chi connectivity index (χ2n) is 6.31. The third-order valence-electron chi connectivity index (χ3n) is 4.30. The van der Waals surface area contributed by atoms with Crippen LogP contribution in [0.5, 0.6) is 0 Å². The molecule has 0 N–H and O–H groups in total. The van der Waals surface area contributed by atoms with E-state index in [0.29, 0.717) is 30.9 Å². The summed E-state index contributed by atoms with van der Waals surface area (Å²) in [6, 6.07) is 13.1. The molecular weight excluding hydrogens is 326 g/mol. The highest BCUT2D eigenvalue weighted by Gasteiger charge is 2.18. The maximum atomic E-state index is 12.9. The van der Waals surface area contributed by atoms with Crippen molar-refractivity contribution < 1.29 is 9.59 Å². The Balaban J connectivity index is 2.14. The lowest BCUT2D eigenvalue weighted by Gasteiger charge is -2.21. The van der Waals surface area contributed by atoms with Crippen LogP contribution in [0.4, 0.5) is 0 Å². The largest absolute Gasteiger partial charge is 0.340 e. The molecule has 0 saturated heterocycles. The molecule has 0 aliphatic carbocycles. The Hall–Kier alpha value is -2.69. The minimum atomic E-state index is -0.154. The van der Waals surface area contributed by atoms with Gasteiger partial charge in [0.1, 0.15) is 5.69 Å². The van der Waals surface area contributed by atoms with Gasteiger partial charge in [-0.25, -0.2) is 0 Å². The molecule has 2 amide bonds. The molecule has 0 aliphatic heterocycles. The zero-order valence-electron chi connectivity index (χ0n) is 15.8. The molecule has 0 fully saturated rings. The van der Waals surface area contributed by atoms with Gasteiger partial charge in [0.25, 0.3) is 11.8 Å². The maximum absolute atomic E-state index is 12.9. The van der Waals surface area contributed by atoms with Gasteiger partial charge in [0.2, 0.25) is 0 Å². The number of carbonyl (C=O) groups is 2. The first-order valence-corrected chi connectivity index (χ1v) is 9.11. The highest BCUT2D eigenvalue weighted by atomic mass is 16.2. The summed E-state index contributed by atoms with van der Waals surface area (Å²) in [5, 5.41) is 0. The molecule has 138 valence electrons. The fraction of sp³-hybridized carbons (Fsp3) is 0.381. The normalized spacial score (nSPS) is 10.4. The predicted molar refractivity (Wildman–Crippen MR) is 103 cm³/mol. The number of nitrogens with zero attached hydrogens (tertiary/aromatic N) is 3. The van der Waals surface area contributed by atoms with Crippen molar-refractivity contribution in [2.45, 2.75) is 33.2 Å². The number of benzene rings is 1. The van der Waals surface area contributed by atoms with Crippen molar-refractivity contribution in [2.75, 3.05) is 20.1 Å². The van der Waals surface area contributed by atoms with E-state index >= 15 is 0 Å². The van der Waals surface area contributed by atoms with Crippen molar-refractivity contribution in [3.63, 3.8) is 0 Å². The summed E-state index contributed by atoms with van der Waals surface area (Å²) in [4.78, 5) is 32.9. The predicted octanol–water partition coefficient (Wildman–Crippen LogP) is 3.62. The molecule has 2 rings (SSSR count). The van der Waals surface area contributed by atoms with Crippen molar-refractivity contribution in [1.82, 2.24) is 14.8 Å². The minimum Gasteiger partial charge on any atom is -0.340 e. The maximum Gasteiger partial charge on any atom is 0.272 e. The number of hydrogen-bond donors (Lipinski definition) is 0. The fourth-order valence-electron chi connectivity index (χ4n) is 2.69. The smallest absolute Gasteiger partial charge is 0.272 e. The van der Waals surface area contributed by atoms with E-state index in [-0.39, 0.29) is 11.8 Å². The van der Waals surface area contributed by atoms with Gasteiger partial charge in [-0.15, -0.1) is 0 Å². The van der Waals surface area contributed by atoms with Crippen LogP contribution in [0.15, 0.2) is 48.7 Å². The molecule has 0 spiro atoms. The Morgan fingerprint density at radius 2 is 1.77 bits per heavy atom. The van der Waals surface area contributed by atoms with Crippen molar-refractivity contribution in [3.8, 4) is 0 Å². The Morgan fingerprint density at radius 3 is 2.42 bits per heavy atom. The van der Waals surface area contributed by atoms with Crippen molar-refractivity contribution >= 4 is 11.8 Å². The number of amides is 2. The Kier molecular flexibility index (Phi) is 7.33. The van der Waals surface area contributed by atoms with Gasteiger partial charge in [0, 0.05) is 38.4 Å². The number of carbonyl (C=O) groups excluding carboxylic acids is 2. The average Bonchev–Trinajstić information content (AvgIpc) is 2.70. The van der Waals surface area contributed by atoms with E-state index in [1.807, 2.05) is 37.3 Å². The SMILES string of the molecule is CCCCN(C)C(=O)c1cc(C(=O)N(CC)Cc2ccccc2)ccn1. The fourth-order valence-corrected chi connectivity index (χ4v) is 2.69. The second-order valence-corrected chi connectivity index (χ2v) is 6.31. The molecule has 0 aliphatic rings. The molecule has 0 saturated carbocycles. The summed E-state index contributed by atoms with van der Waals surface area (Å²) in [5.74, 6) is -0.247. The molecule has 26 heavy (non-hydrogen) atoms. The molecule has 0 unspecified atom stereocenters. The highest BCUT2D eigenvalue weighted by Crippen LogP contribution is 2.12. The Bertz CT molecular complexity index is 731. The molecule has 5 nitrogen and oxygen atoms in total. The van der Waals surface area contributed by atoms with Crippen LogP contribution in [0.1, 0.15) is 53.1 Å². The summed E-state index contributed by atoms with van der Waals surface area (Å²) >= 11 is 0. The molecule has 5 heteroatoms. The van der Waals surface area contributed by atoms with Gasteiger partial charge in [-0.1, -0.05) is 43.7 Å². The third-order valence-corrected chi connectivity index (χ3v) is 4.30. The Labute approximate surface area is 155 Å². The Morgan fingerprint density at radius 1 is 1.04 bits per heavy atom. The number of aromatic nitrogens is 1. The van der Waals surface area contributed by atoms with Crippen molar-refractivity contribution in [2.24, 2.45) is 0 Å². The first-order valence-electron chi connectivity index (χ1n) is 9.11. The lowest BCUT2D eigenvalue weighted by atomic mass is 10.1. The van der Waals surface area contributed by atoms with E-state index in [1.54, 1.807) is 29.0 Å². The van der Waals surface area contributed by atoms with Crippen LogP contribution in [0, 0.1) is 0 Å². The average molecular weight is 353 g/mol. The van der Waals surface area contributed by atoms with Gasteiger partial charge in [-0.05, 0) is 31.0 Å². The number of hydrogen-bond acceptors (Lipinski definition) is 3. The molecule has 1 aromatic heterocycles. The van der Waals surface area contributed by atoms with Crippen LogP contribution in [-0.2, 0) is 6.54 Å². The van der Waals surface area contributed by atoms with Crippen molar-refractivity contribution in [1.29, 1.82) is 0 Å². The van der Waals surface area contributed by atoms with Crippen LogP contribution < -0.4 is 0 Å². The lowest BCUT2D eigenvalue weighted by molar-refractivity contribution is 0.0752. The first-order chi connectivity index (χ1) is 12.6. The number of rotatable bonds is 8. The summed E-state index contributed by atoms with van der Waals surface area (Å²) in [6.45, 7) is 5.85. The van der Waals surface area contributed by atoms with Gasteiger partial charge >= 0.3 is 0 Å². The zero-order chi connectivity index (χ0) is 18.9. The van der Waals surface area contributed by atoms with Gasteiger partial charge in [0.15, 0.2) is 0 Å². The molecule has 1 heterocycles. The van der Waals surface area contributed by atoms with E-state index in [4.69, 9.17) is 0 Å². The minimum absolute atomic E-state index is 0.0935. The van der Waals surface area contributed by atoms with Crippen molar-refractivity contribution in [3.05, 3.63) is 65.5 Å². The number of pyridine rings is 1. The topological polar surface area (TPSA) is 53.5 Å². The standard InChI is InChI=1S/C21H27N3O2/c1-4-6-14-23(3)21(26)19-15-18(12-13-22-19)20(25)24(5-2)16-17-10-8-7-9-11-17/h7-13,15H,4-6,14,16H2,1-3H3. The summed E-state index contributed by atoms with van der Waals surface area (Å²) in [7, 11) is 1.77. The highest BCUT2D eigenvalue weighted by molar-refractivity contribution is 5.98. The summed E-state index contributed by atoms with van der Waals surface area (Å²) in [6.07, 6.45) is 3.50. The number of unbranched alkanes of at least 4 members (excludes halogenated alkanes) is 1. The van der Waals surface area contributed by atoms with Gasteiger partial charge in [-0.3, -0.25) is 14.6 Å². The van der Waals surface area contributed by atoms with Crippen LogP contribution in [-0.4, -0.2) is 46.7 Å². The lowest BCUT2D eigenvalue weighted by Crippen LogP contribution is -2.31. The van der Waals surface area contributed by atoms with Crippen LogP contribution in [0.3, 0.4) is 0 Å². The summed E-state index contributed by atoms with van der Waals surface area (Å²) < 4.78 is 0. The molecule has 0 radical (unpaired) electrons. The van der Waals surface area contributed by atoms with Gasteiger partial charge in [0.05, 0.1) is 0 Å². The zero-order valence-corrected chi connectivity index (χ0v) is 15.8. The molecule has 1 aromatic carbocycles. The molecule has 0 bridgehead atoms. The third kappa shape index (κ3) is 5.15. The molecule has 0 atom stereocenters. The first kappa shape index (κ1) is 19.6. The second kappa shape index (κ2) is 9.70. The quantitative estimate of drug-likeness (QED) is 0.728. The van der Waals surface area contributed by atoms with Crippen LogP contribution in [0.25, 0.3) is 0 Å². The van der Waals surface area contributed by atoms with E-state index < -0.39 is 0 Å². The van der Waals surface area contributed by atoms with Crippen LogP contribution in [0.2, 0.25) is 0 Å². The summed E-state index contributed by atoms with van der Waals surface area (Å²) in [5.41, 5.74) is 1.88. The molecule has 2 aromatic rings. The van der Waals surface area contributed by atoms with E-state index in [9.17, 15) is 9.59 Å². The van der Waals surface area contributed by atoms with Gasteiger partial charge < -0.3 is 9.80 Å². The van der Waals surface area contributed by atoms with Crippen LogP contribution >= 0.6 is 0 Å². The molecular formula is C21H27N3O2. The van der Waals surface area contributed by atoms with E-state index in [1.165, 1.54) is 6.20 Å².